The molecule has 0 radical (unpaired) electrons. The lowest BCUT2D eigenvalue weighted by atomic mass is 9.88. The SMILES string of the molecule is CNCC(C)C(=O)NCC(c1ccccc1)C(C)C.Cl. The summed E-state index contributed by atoms with van der Waals surface area (Å²) in [6.45, 7) is 7.75. The molecular formula is C16H27ClN2O. The number of halogens is 1. The Morgan fingerprint density at radius 2 is 1.70 bits per heavy atom. The topological polar surface area (TPSA) is 41.1 Å². The summed E-state index contributed by atoms with van der Waals surface area (Å²) in [6, 6.07) is 10.4. The fraction of sp³-hybridized carbons (Fsp3) is 0.562. The molecule has 114 valence electrons. The van der Waals surface area contributed by atoms with Crippen molar-refractivity contribution < 1.29 is 4.79 Å². The zero-order valence-electron chi connectivity index (χ0n) is 12.8. The third-order valence-electron chi connectivity index (χ3n) is 3.49. The van der Waals surface area contributed by atoms with Crippen LogP contribution < -0.4 is 10.6 Å². The van der Waals surface area contributed by atoms with Crippen LogP contribution in [0.15, 0.2) is 30.3 Å². The Morgan fingerprint density at radius 3 is 2.20 bits per heavy atom. The van der Waals surface area contributed by atoms with E-state index in [1.165, 1.54) is 5.56 Å². The first-order valence-corrected chi connectivity index (χ1v) is 7.03. The molecule has 2 atom stereocenters. The van der Waals surface area contributed by atoms with E-state index < -0.39 is 0 Å². The zero-order valence-corrected chi connectivity index (χ0v) is 13.7. The van der Waals surface area contributed by atoms with Crippen molar-refractivity contribution in [3.8, 4) is 0 Å². The minimum atomic E-state index is 0. The van der Waals surface area contributed by atoms with E-state index in [0.717, 1.165) is 0 Å². The molecule has 0 spiro atoms. The van der Waals surface area contributed by atoms with Crippen LogP contribution in [-0.2, 0) is 4.79 Å². The molecule has 1 aromatic carbocycles. The Morgan fingerprint density at radius 1 is 1.10 bits per heavy atom. The summed E-state index contributed by atoms with van der Waals surface area (Å²) in [6.07, 6.45) is 0. The fourth-order valence-electron chi connectivity index (χ4n) is 2.22. The highest BCUT2D eigenvalue weighted by Crippen LogP contribution is 2.23. The van der Waals surface area contributed by atoms with E-state index in [9.17, 15) is 4.79 Å². The Balaban J connectivity index is 0.00000361. The monoisotopic (exact) mass is 298 g/mol. The van der Waals surface area contributed by atoms with Crippen LogP contribution in [0.2, 0.25) is 0 Å². The molecule has 2 unspecified atom stereocenters. The molecule has 3 nitrogen and oxygen atoms in total. The van der Waals surface area contributed by atoms with Gasteiger partial charge in [-0.3, -0.25) is 4.79 Å². The summed E-state index contributed by atoms with van der Waals surface area (Å²) in [5.74, 6) is 0.999. The van der Waals surface area contributed by atoms with Crippen molar-refractivity contribution in [2.75, 3.05) is 20.1 Å². The van der Waals surface area contributed by atoms with Gasteiger partial charge in [0.1, 0.15) is 0 Å². The maximum absolute atomic E-state index is 11.9. The maximum atomic E-state index is 11.9. The molecule has 0 aromatic heterocycles. The highest BCUT2D eigenvalue weighted by molar-refractivity contribution is 5.85. The Hall–Kier alpha value is -1.06. The van der Waals surface area contributed by atoms with Crippen LogP contribution in [-0.4, -0.2) is 26.0 Å². The third-order valence-corrected chi connectivity index (χ3v) is 3.49. The molecule has 1 aromatic rings. The molecule has 2 N–H and O–H groups in total. The van der Waals surface area contributed by atoms with E-state index in [-0.39, 0.29) is 24.2 Å². The van der Waals surface area contributed by atoms with Crippen molar-refractivity contribution in [3.63, 3.8) is 0 Å². The van der Waals surface area contributed by atoms with Crippen LogP contribution in [0.3, 0.4) is 0 Å². The van der Waals surface area contributed by atoms with Crippen molar-refractivity contribution >= 4 is 18.3 Å². The molecule has 0 aliphatic carbocycles. The fourth-order valence-corrected chi connectivity index (χ4v) is 2.22. The molecule has 0 aliphatic rings. The number of benzene rings is 1. The minimum Gasteiger partial charge on any atom is -0.355 e. The van der Waals surface area contributed by atoms with Gasteiger partial charge in [-0.1, -0.05) is 51.1 Å². The second-order valence-electron chi connectivity index (χ2n) is 5.47. The standard InChI is InChI=1S/C16H26N2O.ClH/c1-12(2)15(14-8-6-5-7-9-14)11-18-16(19)13(3)10-17-4;/h5-9,12-13,15,17H,10-11H2,1-4H3,(H,18,19);1H. The van der Waals surface area contributed by atoms with Crippen molar-refractivity contribution in [1.29, 1.82) is 0 Å². The molecule has 0 fully saturated rings. The smallest absolute Gasteiger partial charge is 0.224 e. The van der Waals surface area contributed by atoms with E-state index in [0.29, 0.717) is 24.9 Å². The minimum absolute atomic E-state index is 0. The molecule has 0 saturated heterocycles. The number of hydrogen-bond acceptors (Lipinski definition) is 2. The van der Waals surface area contributed by atoms with Gasteiger partial charge in [0.15, 0.2) is 0 Å². The van der Waals surface area contributed by atoms with Gasteiger partial charge in [0.2, 0.25) is 5.91 Å². The predicted octanol–water partition coefficient (Wildman–Crippen LogP) is 2.82. The van der Waals surface area contributed by atoms with Gasteiger partial charge in [0, 0.05) is 24.9 Å². The predicted molar refractivity (Wildman–Crippen MR) is 87.4 cm³/mol. The van der Waals surface area contributed by atoms with Crippen LogP contribution in [0.1, 0.15) is 32.3 Å². The molecule has 0 heterocycles. The van der Waals surface area contributed by atoms with Crippen molar-refractivity contribution in [2.24, 2.45) is 11.8 Å². The van der Waals surface area contributed by atoms with E-state index in [4.69, 9.17) is 0 Å². The highest BCUT2D eigenvalue weighted by atomic mass is 35.5. The number of carbonyl (C=O) groups is 1. The van der Waals surface area contributed by atoms with Crippen LogP contribution >= 0.6 is 12.4 Å². The van der Waals surface area contributed by atoms with Gasteiger partial charge in [-0.15, -0.1) is 12.4 Å². The van der Waals surface area contributed by atoms with Crippen LogP contribution in [0.5, 0.6) is 0 Å². The lowest BCUT2D eigenvalue weighted by Gasteiger charge is -2.23. The summed E-state index contributed by atoms with van der Waals surface area (Å²) in [5, 5.41) is 6.10. The Bertz CT molecular complexity index is 381. The summed E-state index contributed by atoms with van der Waals surface area (Å²) >= 11 is 0. The van der Waals surface area contributed by atoms with E-state index in [1.807, 2.05) is 20.0 Å². The summed E-state index contributed by atoms with van der Waals surface area (Å²) in [4.78, 5) is 11.9. The van der Waals surface area contributed by atoms with Gasteiger partial charge in [-0.05, 0) is 18.5 Å². The van der Waals surface area contributed by atoms with Crippen LogP contribution in [0.4, 0.5) is 0 Å². The molecular weight excluding hydrogens is 272 g/mol. The lowest BCUT2D eigenvalue weighted by Crippen LogP contribution is -2.37. The quantitative estimate of drug-likeness (QED) is 0.813. The van der Waals surface area contributed by atoms with E-state index in [2.05, 4.69) is 48.7 Å². The van der Waals surface area contributed by atoms with Gasteiger partial charge < -0.3 is 10.6 Å². The first-order chi connectivity index (χ1) is 9.06. The normalized spacial score (nSPS) is 13.4. The van der Waals surface area contributed by atoms with Gasteiger partial charge >= 0.3 is 0 Å². The summed E-state index contributed by atoms with van der Waals surface area (Å²) < 4.78 is 0. The number of carbonyl (C=O) groups excluding carboxylic acids is 1. The summed E-state index contributed by atoms with van der Waals surface area (Å²) in [7, 11) is 1.87. The maximum Gasteiger partial charge on any atom is 0.224 e. The molecule has 1 amide bonds. The van der Waals surface area contributed by atoms with Gasteiger partial charge in [-0.2, -0.15) is 0 Å². The number of hydrogen-bond donors (Lipinski definition) is 2. The molecule has 0 bridgehead atoms. The zero-order chi connectivity index (χ0) is 14.3. The van der Waals surface area contributed by atoms with Gasteiger partial charge in [0.25, 0.3) is 0 Å². The third kappa shape index (κ3) is 5.93. The summed E-state index contributed by atoms with van der Waals surface area (Å²) in [5.41, 5.74) is 1.29. The van der Waals surface area contributed by atoms with Crippen LogP contribution in [0, 0.1) is 11.8 Å². The average Bonchev–Trinajstić information content (AvgIpc) is 2.39. The van der Waals surface area contributed by atoms with Crippen molar-refractivity contribution in [3.05, 3.63) is 35.9 Å². The lowest BCUT2D eigenvalue weighted by molar-refractivity contribution is -0.124. The number of amides is 1. The van der Waals surface area contributed by atoms with Gasteiger partial charge in [-0.25, -0.2) is 0 Å². The van der Waals surface area contributed by atoms with Gasteiger partial charge in [0.05, 0.1) is 0 Å². The number of nitrogens with one attached hydrogen (secondary N) is 2. The molecule has 1 rings (SSSR count). The Labute approximate surface area is 128 Å². The second kappa shape index (κ2) is 9.78. The Kier molecular flexibility index (Phi) is 9.26. The number of rotatable bonds is 7. The highest BCUT2D eigenvalue weighted by Gasteiger charge is 2.18. The largest absolute Gasteiger partial charge is 0.355 e. The average molecular weight is 299 g/mol. The second-order valence-corrected chi connectivity index (χ2v) is 5.47. The van der Waals surface area contributed by atoms with E-state index in [1.54, 1.807) is 0 Å². The first-order valence-electron chi connectivity index (χ1n) is 7.03. The molecule has 0 saturated carbocycles. The van der Waals surface area contributed by atoms with E-state index >= 15 is 0 Å². The van der Waals surface area contributed by atoms with Crippen molar-refractivity contribution in [1.82, 2.24) is 10.6 Å². The first kappa shape index (κ1) is 18.9. The molecule has 0 aliphatic heterocycles. The molecule has 20 heavy (non-hydrogen) atoms. The van der Waals surface area contributed by atoms with Crippen LogP contribution in [0.25, 0.3) is 0 Å². The van der Waals surface area contributed by atoms with Crippen molar-refractivity contribution in [2.45, 2.75) is 26.7 Å². The molecule has 4 heteroatoms.